The summed E-state index contributed by atoms with van der Waals surface area (Å²) in [6.45, 7) is 1.32. The fourth-order valence-electron chi connectivity index (χ4n) is 3.48. The Morgan fingerprint density at radius 3 is 2.35 bits per heavy atom. The number of halogens is 3. The lowest BCUT2D eigenvalue weighted by molar-refractivity contribution is -0.123. The summed E-state index contributed by atoms with van der Waals surface area (Å²) in [6, 6.07) is 7.16. The fourth-order valence-corrected chi connectivity index (χ4v) is 3.48. The number of amides is 4. The highest BCUT2D eigenvalue weighted by molar-refractivity contribution is 6.08. The van der Waals surface area contributed by atoms with Crippen molar-refractivity contribution in [3.05, 3.63) is 66.2 Å². The molecule has 3 N–H and O–H groups in total. The number of anilines is 3. The molecule has 2 heterocycles. The van der Waals surface area contributed by atoms with Crippen molar-refractivity contribution < 1.29 is 32.3 Å². The van der Waals surface area contributed by atoms with E-state index in [1.807, 2.05) is 0 Å². The van der Waals surface area contributed by atoms with E-state index in [2.05, 4.69) is 25.9 Å². The lowest BCUT2D eigenvalue weighted by atomic mass is 10.2. The van der Waals surface area contributed by atoms with E-state index < -0.39 is 35.7 Å². The molecule has 0 saturated carbocycles. The van der Waals surface area contributed by atoms with Crippen LogP contribution in [0.2, 0.25) is 0 Å². The van der Waals surface area contributed by atoms with Gasteiger partial charge < -0.3 is 20.3 Å². The number of nitrogens with zero attached hydrogens (tertiary/aromatic N) is 3. The first-order valence-electron chi connectivity index (χ1n) is 11.2. The third kappa shape index (κ3) is 6.93. The average Bonchev–Trinajstić information content (AvgIpc) is 3.38. The maximum Gasteiger partial charge on any atom is 0.323 e. The zero-order valence-corrected chi connectivity index (χ0v) is 19.3. The largest absolute Gasteiger partial charge is 0.436 e. The summed E-state index contributed by atoms with van der Waals surface area (Å²) in [6.07, 6.45) is 2.34. The number of aromatic nitrogens is 2. The van der Waals surface area contributed by atoms with Gasteiger partial charge in [-0.3, -0.25) is 14.9 Å². The van der Waals surface area contributed by atoms with E-state index in [1.165, 1.54) is 18.2 Å². The van der Waals surface area contributed by atoms with Crippen LogP contribution in [0.4, 0.5) is 35.2 Å². The summed E-state index contributed by atoms with van der Waals surface area (Å²) in [5.74, 6) is -4.32. The minimum Gasteiger partial charge on any atom is -0.436 e. The molecule has 0 aliphatic carbocycles. The van der Waals surface area contributed by atoms with E-state index in [1.54, 1.807) is 4.90 Å². The Morgan fingerprint density at radius 2 is 1.62 bits per heavy atom. The molecule has 37 heavy (non-hydrogen) atoms. The van der Waals surface area contributed by atoms with Crippen molar-refractivity contribution in [3.63, 3.8) is 0 Å². The molecule has 4 rings (SSSR count). The van der Waals surface area contributed by atoms with Crippen LogP contribution < -0.4 is 20.7 Å². The van der Waals surface area contributed by atoms with E-state index in [4.69, 9.17) is 4.74 Å². The maximum absolute atomic E-state index is 14.6. The van der Waals surface area contributed by atoms with E-state index in [-0.39, 0.29) is 34.9 Å². The van der Waals surface area contributed by atoms with Gasteiger partial charge in [0.1, 0.15) is 30.2 Å². The highest BCUT2D eigenvalue weighted by Gasteiger charge is 2.19. The van der Waals surface area contributed by atoms with Gasteiger partial charge in [0, 0.05) is 37.0 Å². The van der Waals surface area contributed by atoms with Crippen molar-refractivity contribution in [2.45, 2.75) is 19.3 Å². The second-order valence-corrected chi connectivity index (χ2v) is 8.01. The second-order valence-electron chi connectivity index (χ2n) is 8.01. The summed E-state index contributed by atoms with van der Waals surface area (Å²) >= 11 is 0. The van der Waals surface area contributed by atoms with Gasteiger partial charge in [-0.1, -0.05) is 0 Å². The summed E-state index contributed by atoms with van der Waals surface area (Å²) in [7, 11) is 0. The van der Waals surface area contributed by atoms with Crippen LogP contribution in [0.5, 0.6) is 11.6 Å². The molecular weight excluding hydrogens is 493 g/mol. The van der Waals surface area contributed by atoms with Crippen molar-refractivity contribution in [1.29, 1.82) is 0 Å². The van der Waals surface area contributed by atoms with Crippen molar-refractivity contribution in [2.24, 2.45) is 0 Å². The second kappa shape index (κ2) is 11.4. The van der Waals surface area contributed by atoms with Gasteiger partial charge in [0.2, 0.25) is 17.7 Å². The van der Waals surface area contributed by atoms with Gasteiger partial charge in [-0.15, -0.1) is 0 Å². The zero-order valence-electron chi connectivity index (χ0n) is 19.3. The first-order chi connectivity index (χ1) is 17.8. The number of carbonyl (C=O) groups is 3. The van der Waals surface area contributed by atoms with E-state index in [0.717, 1.165) is 37.4 Å². The summed E-state index contributed by atoms with van der Waals surface area (Å²) < 4.78 is 46.6. The fraction of sp³-hybridized carbons (Fsp3) is 0.208. The van der Waals surface area contributed by atoms with Crippen molar-refractivity contribution >= 4 is 35.0 Å². The molecule has 0 atom stereocenters. The Kier molecular flexibility index (Phi) is 7.81. The Hall–Kier alpha value is -4.68. The number of likely N-dealkylation sites (tertiary alicyclic amines) is 1. The molecule has 1 aliphatic heterocycles. The number of nitrogens with one attached hydrogen (secondary N) is 3. The van der Waals surface area contributed by atoms with Crippen LogP contribution in [0.25, 0.3) is 0 Å². The van der Waals surface area contributed by atoms with Crippen LogP contribution in [0.1, 0.15) is 19.3 Å². The number of benzene rings is 2. The molecule has 192 valence electrons. The van der Waals surface area contributed by atoms with Crippen molar-refractivity contribution in [2.75, 3.05) is 29.0 Å². The highest BCUT2D eigenvalue weighted by atomic mass is 19.1. The molecule has 1 aliphatic rings. The zero-order chi connectivity index (χ0) is 26.4. The number of hydrogen-bond donors (Lipinski definition) is 3. The quantitative estimate of drug-likeness (QED) is 0.404. The van der Waals surface area contributed by atoms with E-state index in [9.17, 15) is 27.6 Å². The molecular formula is C24H21F3N6O4. The molecule has 4 amide bonds. The van der Waals surface area contributed by atoms with Crippen LogP contribution in [0.15, 0.2) is 48.8 Å². The number of ether oxygens (including phenoxy) is 1. The Bertz CT molecular complexity index is 1330. The molecule has 0 spiro atoms. The third-order valence-electron chi connectivity index (χ3n) is 5.23. The molecule has 3 aromatic rings. The van der Waals surface area contributed by atoms with Gasteiger partial charge in [0.15, 0.2) is 11.6 Å². The predicted octanol–water partition coefficient (Wildman–Crippen LogP) is 4.28. The number of rotatable bonds is 7. The summed E-state index contributed by atoms with van der Waals surface area (Å²) in [5.41, 5.74) is -0.243. The molecule has 1 aromatic heterocycles. The van der Waals surface area contributed by atoms with Crippen molar-refractivity contribution in [1.82, 2.24) is 14.9 Å². The Labute approximate surface area is 208 Å². The highest BCUT2D eigenvalue weighted by Crippen LogP contribution is 2.26. The third-order valence-corrected chi connectivity index (χ3v) is 5.23. The smallest absolute Gasteiger partial charge is 0.323 e. The van der Waals surface area contributed by atoms with Gasteiger partial charge in [-0.05, 0) is 37.1 Å². The molecule has 0 bridgehead atoms. The van der Waals surface area contributed by atoms with Gasteiger partial charge in [-0.2, -0.15) is 0 Å². The number of urea groups is 1. The first kappa shape index (κ1) is 25.4. The molecule has 0 unspecified atom stereocenters. The number of carbonyl (C=O) groups excluding carboxylic acids is 3. The molecule has 10 nitrogen and oxygen atoms in total. The molecule has 13 heteroatoms. The molecule has 2 aromatic carbocycles. The van der Waals surface area contributed by atoms with Crippen LogP contribution in [0, 0.1) is 17.5 Å². The summed E-state index contributed by atoms with van der Waals surface area (Å²) in [4.78, 5) is 45.8. The van der Waals surface area contributed by atoms with Crippen LogP contribution in [-0.4, -0.2) is 45.8 Å². The monoisotopic (exact) mass is 514 g/mol. The SMILES string of the molecule is O=C(CC(=O)Nc1ccc(F)cc1F)Nc1ccc(Oc2cc(NC(=O)N3CCCC3)ncn2)c(F)c1. The van der Waals surface area contributed by atoms with Crippen LogP contribution in [0.3, 0.4) is 0 Å². The maximum atomic E-state index is 14.6. The lowest BCUT2D eigenvalue weighted by Gasteiger charge is -2.15. The molecule has 0 radical (unpaired) electrons. The standard InChI is InChI=1S/C24H21F3N6O4/c25-14-3-5-18(16(26)9-14)31-22(35)12-21(34)30-15-4-6-19(17(27)10-15)37-23-11-20(28-13-29-23)32-24(36)33-7-1-2-8-33/h3-6,9-11,13H,1-2,7-8,12H2,(H,30,34)(H,31,35)(H,28,29,32,36). The van der Waals surface area contributed by atoms with E-state index in [0.29, 0.717) is 19.2 Å². The van der Waals surface area contributed by atoms with Crippen LogP contribution >= 0.6 is 0 Å². The molecule has 1 saturated heterocycles. The van der Waals surface area contributed by atoms with Gasteiger partial charge >= 0.3 is 6.03 Å². The lowest BCUT2D eigenvalue weighted by Crippen LogP contribution is -2.32. The van der Waals surface area contributed by atoms with Crippen molar-refractivity contribution in [3.8, 4) is 11.6 Å². The van der Waals surface area contributed by atoms with Crippen LogP contribution in [-0.2, 0) is 9.59 Å². The number of hydrogen-bond acceptors (Lipinski definition) is 6. The molecule has 1 fully saturated rings. The Morgan fingerprint density at radius 1 is 0.865 bits per heavy atom. The summed E-state index contributed by atoms with van der Waals surface area (Å²) in [5, 5.41) is 7.14. The topological polar surface area (TPSA) is 126 Å². The average molecular weight is 514 g/mol. The van der Waals surface area contributed by atoms with Gasteiger partial charge in [-0.25, -0.2) is 27.9 Å². The minimum absolute atomic E-state index is 0.0212. The first-order valence-corrected chi connectivity index (χ1v) is 11.2. The Balaban J connectivity index is 1.32. The minimum atomic E-state index is -0.990. The van der Waals surface area contributed by atoms with E-state index >= 15 is 0 Å². The predicted molar refractivity (Wildman–Crippen MR) is 127 cm³/mol. The normalized spacial score (nSPS) is 12.7. The van der Waals surface area contributed by atoms with Gasteiger partial charge in [0.25, 0.3) is 0 Å². The van der Waals surface area contributed by atoms with Gasteiger partial charge in [0.05, 0.1) is 5.69 Å².